The Bertz CT molecular complexity index is 1220. The lowest BCUT2D eigenvalue weighted by Crippen LogP contribution is -2.13. The molecule has 0 fully saturated rings. The topological polar surface area (TPSA) is 106 Å². The number of halogens is 1. The van der Waals surface area contributed by atoms with Crippen LogP contribution < -0.4 is 5.32 Å². The van der Waals surface area contributed by atoms with E-state index >= 15 is 0 Å². The minimum Gasteiger partial charge on any atom is -0.322 e. The molecule has 0 unspecified atom stereocenters. The predicted molar refractivity (Wildman–Crippen MR) is 111 cm³/mol. The van der Waals surface area contributed by atoms with Crippen LogP contribution in [0.3, 0.4) is 0 Å². The van der Waals surface area contributed by atoms with Crippen LogP contribution in [0.4, 0.5) is 15.3 Å². The number of benzene rings is 3. The molecule has 3 aromatic rings. The number of nitrogens with one attached hydrogen (secondary N) is 1. The highest BCUT2D eigenvalue weighted by atomic mass is 32.3. The van der Waals surface area contributed by atoms with Crippen molar-refractivity contribution in [2.45, 2.75) is 4.90 Å². The van der Waals surface area contributed by atoms with Crippen molar-refractivity contribution < 1.29 is 22.0 Å². The first-order valence-electron chi connectivity index (χ1n) is 8.62. The molecule has 30 heavy (non-hydrogen) atoms. The summed E-state index contributed by atoms with van der Waals surface area (Å²) in [4.78, 5) is 22.9. The molecule has 0 aliphatic heterocycles. The summed E-state index contributed by atoms with van der Waals surface area (Å²) in [5, 5.41) is 13.6. The Morgan fingerprint density at radius 3 is 2.23 bits per heavy atom. The Morgan fingerprint density at radius 1 is 0.967 bits per heavy atom. The van der Waals surface area contributed by atoms with Gasteiger partial charge in [-0.25, -0.2) is 0 Å². The molecule has 0 radical (unpaired) electrons. The molecule has 0 spiro atoms. The van der Waals surface area contributed by atoms with Crippen molar-refractivity contribution in [2.75, 3.05) is 5.32 Å². The number of rotatable bonds is 6. The number of amides is 1. The van der Waals surface area contributed by atoms with E-state index in [0.717, 1.165) is 12.1 Å². The zero-order chi connectivity index (χ0) is 21.7. The number of nitrogens with zero attached hydrogens (tertiary/aromatic N) is 1. The van der Waals surface area contributed by atoms with Gasteiger partial charge in [0.15, 0.2) is 0 Å². The van der Waals surface area contributed by atoms with Gasteiger partial charge in [-0.2, -0.15) is 8.42 Å². The van der Waals surface area contributed by atoms with Crippen molar-refractivity contribution in [1.82, 2.24) is 0 Å². The molecular formula is C21H15FN2O5S. The molecule has 7 nitrogen and oxygen atoms in total. The lowest BCUT2D eigenvalue weighted by Gasteiger charge is -2.10. The summed E-state index contributed by atoms with van der Waals surface area (Å²) in [6, 6.07) is 19.1. The highest BCUT2D eigenvalue weighted by Gasteiger charge is 2.15. The maximum Gasteiger partial charge on any atom is 0.332 e. The number of non-ortho nitro benzene ring substituents is 1. The largest absolute Gasteiger partial charge is 0.332 e. The Kier molecular flexibility index (Phi) is 6.03. The van der Waals surface area contributed by atoms with Gasteiger partial charge in [-0.15, -0.1) is 3.89 Å². The van der Waals surface area contributed by atoms with Gasteiger partial charge in [-0.05, 0) is 41.5 Å². The molecule has 0 saturated carbocycles. The van der Waals surface area contributed by atoms with Crippen molar-refractivity contribution in [3.05, 3.63) is 100 Å². The van der Waals surface area contributed by atoms with Crippen molar-refractivity contribution in [1.29, 1.82) is 0 Å². The fraction of sp³-hybridized carbons (Fsp3) is 0. The van der Waals surface area contributed by atoms with Gasteiger partial charge in [0.2, 0.25) is 0 Å². The van der Waals surface area contributed by atoms with Crippen molar-refractivity contribution >= 4 is 39.2 Å². The zero-order valence-electron chi connectivity index (χ0n) is 15.4. The van der Waals surface area contributed by atoms with Crippen molar-refractivity contribution in [3.8, 4) is 0 Å². The first-order chi connectivity index (χ1) is 14.2. The monoisotopic (exact) mass is 426 g/mol. The third kappa shape index (κ3) is 5.15. The summed E-state index contributed by atoms with van der Waals surface area (Å²) in [7, 11) is -4.84. The normalized spacial score (nSPS) is 11.7. The highest BCUT2D eigenvalue weighted by molar-refractivity contribution is 7.86. The first kappa shape index (κ1) is 20.9. The summed E-state index contributed by atoms with van der Waals surface area (Å²) < 4.78 is 34.9. The number of nitro groups is 1. The molecule has 1 amide bonds. The molecule has 3 aromatic carbocycles. The molecule has 0 aliphatic carbocycles. The van der Waals surface area contributed by atoms with E-state index < -0.39 is 25.9 Å². The van der Waals surface area contributed by atoms with Crippen LogP contribution in [0.5, 0.6) is 0 Å². The fourth-order valence-corrected chi connectivity index (χ4v) is 3.15. The second kappa shape index (κ2) is 8.66. The Balaban J connectivity index is 1.96. The van der Waals surface area contributed by atoms with E-state index in [1.165, 1.54) is 36.4 Å². The van der Waals surface area contributed by atoms with E-state index in [2.05, 4.69) is 5.32 Å². The molecule has 0 aromatic heterocycles. The standard InChI is InChI=1S/C21H15FN2O5S/c22-30(28,29)19-11-9-17(10-12-19)23-21(25)20(16-6-2-1-3-7-16)14-15-5-4-8-18(13-15)24(26)27/h1-14H,(H,23,25)/b20-14-. The van der Waals surface area contributed by atoms with Crippen LogP contribution in [-0.2, 0) is 15.0 Å². The van der Waals surface area contributed by atoms with Gasteiger partial charge >= 0.3 is 10.2 Å². The first-order valence-corrected chi connectivity index (χ1v) is 10.00. The molecule has 0 bridgehead atoms. The smallest absolute Gasteiger partial charge is 0.322 e. The summed E-state index contributed by atoms with van der Waals surface area (Å²) in [6.07, 6.45) is 1.51. The van der Waals surface area contributed by atoms with Gasteiger partial charge in [-0.1, -0.05) is 42.5 Å². The number of hydrogen-bond donors (Lipinski definition) is 1. The molecule has 9 heteroatoms. The molecule has 152 valence electrons. The third-order valence-corrected chi connectivity index (χ3v) is 4.95. The average Bonchev–Trinajstić information content (AvgIpc) is 2.72. The molecule has 0 saturated heterocycles. The number of carbonyl (C=O) groups is 1. The summed E-state index contributed by atoms with van der Waals surface area (Å²) >= 11 is 0. The van der Waals surface area contributed by atoms with Gasteiger partial charge in [0.05, 0.1) is 9.82 Å². The summed E-state index contributed by atoms with van der Waals surface area (Å²) in [5.41, 5.74) is 1.41. The van der Waals surface area contributed by atoms with Crippen LogP contribution in [-0.4, -0.2) is 19.2 Å². The number of anilines is 1. The van der Waals surface area contributed by atoms with Crippen LogP contribution >= 0.6 is 0 Å². The average molecular weight is 426 g/mol. The van der Waals surface area contributed by atoms with Crippen molar-refractivity contribution in [2.24, 2.45) is 0 Å². The predicted octanol–water partition coefficient (Wildman–Crippen LogP) is 4.43. The fourth-order valence-electron chi connectivity index (χ4n) is 2.69. The molecule has 0 atom stereocenters. The summed E-state index contributed by atoms with van der Waals surface area (Å²) in [6.45, 7) is 0. The van der Waals surface area contributed by atoms with E-state index in [0.29, 0.717) is 11.1 Å². The lowest BCUT2D eigenvalue weighted by atomic mass is 10.0. The van der Waals surface area contributed by atoms with Crippen molar-refractivity contribution in [3.63, 3.8) is 0 Å². The van der Waals surface area contributed by atoms with E-state index in [1.807, 2.05) is 0 Å². The minimum absolute atomic E-state index is 0.111. The van der Waals surface area contributed by atoms with E-state index in [4.69, 9.17) is 0 Å². The van der Waals surface area contributed by atoms with Crippen LogP contribution in [0, 0.1) is 10.1 Å². The summed E-state index contributed by atoms with van der Waals surface area (Å²) in [5.74, 6) is -0.524. The Labute approximate surface area is 171 Å². The number of carbonyl (C=O) groups excluding carboxylic acids is 1. The van der Waals surface area contributed by atoms with Crippen LogP contribution in [0.2, 0.25) is 0 Å². The maximum atomic E-state index is 13.0. The molecular weight excluding hydrogens is 411 g/mol. The van der Waals surface area contributed by atoms with Crippen LogP contribution in [0.25, 0.3) is 11.6 Å². The Hall–Kier alpha value is -3.85. The number of hydrogen-bond acceptors (Lipinski definition) is 5. The minimum atomic E-state index is -4.84. The molecule has 1 N–H and O–H groups in total. The second-order valence-corrected chi connectivity index (χ2v) is 7.54. The zero-order valence-corrected chi connectivity index (χ0v) is 16.2. The third-order valence-electron chi connectivity index (χ3n) is 4.12. The van der Waals surface area contributed by atoms with Gasteiger partial charge in [-0.3, -0.25) is 14.9 Å². The quantitative estimate of drug-likeness (QED) is 0.206. The maximum absolute atomic E-state index is 13.0. The van der Waals surface area contributed by atoms with E-state index in [1.54, 1.807) is 36.4 Å². The van der Waals surface area contributed by atoms with E-state index in [9.17, 15) is 27.2 Å². The van der Waals surface area contributed by atoms with Gasteiger partial charge in [0.25, 0.3) is 11.6 Å². The molecule has 0 heterocycles. The SMILES string of the molecule is O=C(Nc1ccc(S(=O)(=O)F)cc1)/C(=C\c1cccc([N+](=O)[O-])c1)c1ccccc1. The Morgan fingerprint density at radius 2 is 1.63 bits per heavy atom. The lowest BCUT2D eigenvalue weighted by molar-refractivity contribution is -0.384. The highest BCUT2D eigenvalue weighted by Crippen LogP contribution is 2.23. The van der Waals surface area contributed by atoms with Gasteiger partial charge in [0.1, 0.15) is 0 Å². The van der Waals surface area contributed by atoms with Gasteiger partial charge in [0, 0.05) is 23.4 Å². The van der Waals surface area contributed by atoms with Crippen LogP contribution in [0.1, 0.15) is 11.1 Å². The van der Waals surface area contributed by atoms with E-state index in [-0.39, 0.29) is 16.9 Å². The van der Waals surface area contributed by atoms with Crippen LogP contribution in [0.15, 0.2) is 83.8 Å². The molecule has 0 aliphatic rings. The molecule has 3 rings (SSSR count). The number of nitro benzene ring substituents is 1. The second-order valence-electron chi connectivity index (χ2n) is 6.19. The van der Waals surface area contributed by atoms with Gasteiger partial charge < -0.3 is 5.32 Å².